The zero-order chi connectivity index (χ0) is 15.3. The van der Waals surface area contributed by atoms with Crippen LogP contribution in [0.3, 0.4) is 0 Å². The predicted molar refractivity (Wildman–Crippen MR) is 89.0 cm³/mol. The highest BCUT2D eigenvalue weighted by molar-refractivity contribution is 7.11. The number of aromatic nitrogens is 1. The highest BCUT2D eigenvalue weighted by Gasteiger charge is 2.17. The van der Waals surface area contributed by atoms with E-state index in [2.05, 4.69) is 43.2 Å². The normalized spacial score (nSPS) is 11.6. The van der Waals surface area contributed by atoms with Gasteiger partial charge in [0.25, 0.3) is 0 Å². The van der Waals surface area contributed by atoms with Crippen LogP contribution < -0.4 is 10.1 Å². The molecule has 0 saturated carbocycles. The number of rotatable bonds is 6. The average Bonchev–Trinajstić information content (AvgIpc) is 2.88. The van der Waals surface area contributed by atoms with E-state index in [1.54, 1.807) is 11.3 Å². The first-order valence-corrected chi connectivity index (χ1v) is 8.18. The average molecular weight is 304 g/mol. The van der Waals surface area contributed by atoms with Gasteiger partial charge in [0.15, 0.2) is 0 Å². The van der Waals surface area contributed by atoms with Crippen molar-refractivity contribution in [2.45, 2.75) is 46.2 Å². The second-order valence-electron chi connectivity index (χ2n) is 6.07. The van der Waals surface area contributed by atoms with Crippen molar-refractivity contribution < 1.29 is 4.74 Å². The molecule has 2 rings (SSSR count). The summed E-state index contributed by atoms with van der Waals surface area (Å²) in [4.78, 5) is 5.79. The standard InChI is InChI=1S/C17H24N2OS/c1-5-20-14-8-6-7-13(9-14)10-18-11-15-12-19-16(21-15)17(2,3)4/h6-9,12,18H,5,10-11H2,1-4H3. The topological polar surface area (TPSA) is 34.1 Å². The summed E-state index contributed by atoms with van der Waals surface area (Å²) in [7, 11) is 0. The number of nitrogens with zero attached hydrogens (tertiary/aromatic N) is 1. The van der Waals surface area contributed by atoms with Crippen molar-refractivity contribution in [2.24, 2.45) is 0 Å². The fourth-order valence-corrected chi connectivity index (χ4v) is 2.92. The van der Waals surface area contributed by atoms with E-state index >= 15 is 0 Å². The number of hydrogen-bond donors (Lipinski definition) is 1. The van der Waals surface area contributed by atoms with Crippen molar-refractivity contribution in [3.63, 3.8) is 0 Å². The van der Waals surface area contributed by atoms with E-state index in [4.69, 9.17) is 4.74 Å². The molecule has 0 aliphatic heterocycles. The van der Waals surface area contributed by atoms with Crippen molar-refractivity contribution in [2.75, 3.05) is 6.61 Å². The maximum absolute atomic E-state index is 5.52. The summed E-state index contributed by atoms with van der Waals surface area (Å²) < 4.78 is 5.52. The Hall–Kier alpha value is -1.39. The van der Waals surface area contributed by atoms with Crippen molar-refractivity contribution in [1.82, 2.24) is 10.3 Å². The Morgan fingerprint density at radius 2 is 2.05 bits per heavy atom. The first-order valence-electron chi connectivity index (χ1n) is 7.36. The molecule has 1 aromatic heterocycles. The lowest BCUT2D eigenvalue weighted by molar-refractivity contribution is 0.340. The van der Waals surface area contributed by atoms with Crippen LogP contribution in [0.15, 0.2) is 30.5 Å². The lowest BCUT2D eigenvalue weighted by atomic mass is 9.98. The third-order valence-electron chi connectivity index (χ3n) is 3.03. The SMILES string of the molecule is CCOc1cccc(CNCc2cnc(C(C)(C)C)s2)c1. The quantitative estimate of drug-likeness (QED) is 0.871. The monoisotopic (exact) mass is 304 g/mol. The van der Waals surface area contributed by atoms with Crippen LogP contribution in [0.4, 0.5) is 0 Å². The first kappa shape index (κ1) is 16.0. The Labute approximate surface area is 131 Å². The van der Waals surface area contributed by atoms with Gasteiger partial charge in [0.2, 0.25) is 0 Å². The molecule has 0 bridgehead atoms. The molecule has 0 aliphatic rings. The van der Waals surface area contributed by atoms with Gasteiger partial charge in [-0.15, -0.1) is 11.3 Å². The van der Waals surface area contributed by atoms with E-state index in [1.165, 1.54) is 15.4 Å². The van der Waals surface area contributed by atoms with Gasteiger partial charge >= 0.3 is 0 Å². The van der Waals surface area contributed by atoms with E-state index in [1.807, 2.05) is 25.3 Å². The fourth-order valence-electron chi connectivity index (χ4n) is 1.98. The van der Waals surface area contributed by atoms with Gasteiger partial charge in [-0.1, -0.05) is 32.9 Å². The second kappa shape index (κ2) is 7.05. The molecule has 4 heteroatoms. The summed E-state index contributed by atoms with van der Waals surface area (Å²) in [5, 5.41) is 4.66. The Kier molecular flexibility index (Phi) is 5.37. The van der Waals surface area contributed by atoms with Gasteiger partial charge in [-0.25, -0.2) is 4.98 Å². The van der Waals surface area contributed by atoms with Gasteiger partial charge in [-0.3, -0.25) is 0 Å². The van der Waals surface area contributed by atoms with E-state index in [9.17, 15) is 0 Å². The zero-order valence-electron chi connectivity index (χ0n) is 13.3. The summed E-state index contributed by atoms with van der Waals surface area (Å²) >= 11 is 1.79. The molecule has 0 unspecified atom stereocenters. The van der Waals surface area contributed by atoms with E-state index in [0.29, 0.717) is 6.61 Å². The highest BCUT2D eigenvalue weighted by atomic mass is 32.1. The molecule has 0 aliphatic carbocycles. The van der Waals surface area contributed by atoms with Crippen LogP contribution in [0.1, 0.15) is 43.1 Å². The van der Waals surface area contributed by atoms with Crippen LogP contribution in [0.5, 0.6) is 5.75 Å². The van der Waals surface area contributed by atoms with Crippen molar-refractivity contribution in [1.29, 1.82) is 0 Å². The summed E-state index contributed by atoms with van der Waals surface area (Å²) in [6, 6.07) is 8.23. The Morgan fingerprint density at radius 1 is 1.24 bits per heavy atom. The van der Waals surface area contributed by atoms with E-state index in [0.717, 1.165) is 18.8 Å². The largest absolute Gasteiger partial charge is 0.494 e. The highest BCUT2D eigenvalue weighted by Crippen LogP contribution is 2.26. The number of nitrogens with one attached hydrogen (secondary N) is 1. The summed E-state index contributed by atoms with van der Waals surface area (Å²) in [6.45, 7) is 11.0. The number of benzene rings is 1. The zero-order valence-corrected chi connectivity index (χ0v) is 14.1. The van der Waals surface area contributed by atoms with Crippen LogP contribution in [-0.2, 0) is 18.5 Å². The number of thiazole rings is 1. The molecule has 114 valence electrons. The van der Waals surface area contributed by atoms with Crippen molar-refractivity contribution in [3.8, 4) is 5.75 Å². The van der Waals surface area contributed by atoms with Crippen LogP contribution in [0, 0.1) is 0 Å². The van der Waals surface area contributed by atoms with Gasteiger partial charge in [0.1, 0.15) is 5.75 Å². The number of hydrogen-bond acceptors (Lipinski definition) is 4. The van der Waals surface area contributed by atoms with Crippen LogP contribution >= 0.6 is 11.3 Å². The molecule has 0 spiro atoms. The number of ether oxygens (including phenoxy) is 1. The maximum Gasteiger partial charge on any atom is 0.119 e. The van der Waals surface area contributed by atoms with Gasteiger partial charge in [-0.2, -0.15) is 0 Å². The Balaban J connectivity index is 1.87. The van der Waals surface area contributed by atoms with Crippen LogP contribution in [0.25, 0.3) is 0 Å². The predicted octanol–water partition coefficient (Wildman–Crippen LogP) is 4.13. The molecule has 0 atom stereocenters. The molecule has 3 nitrogen and oxygen atoms in total. The second-order valence-corrected chi connectivity index (χ2v) is 7.18. The Bertz CT molecular complexity index is 572. The molecule has 21 heavy (non-hydrogen) atoms. The molecule has 1 N–H and O–H groups in total. The molecule has 1 heterocycles. The van der Waals surface area contributed by atoms with Gasteiger partial charge in [-0.05, 0) is 24.6 Å². The van der Waals surface area contributed by atoms with Gasteiger partial charge in [0, 0.05) is 29.6 Å². The van der Waals surface area contributed by atoms with E-state index in [-0.39, 0.29) is 5.41 Å². The lowest BCUT2D eigenvalue weighted by Gasteiger charge is -2.13. The molecule has 0 fully saturated rings. The summed E-state index contributed by atoms with van der Waals surface area (Å²) in [5.74, 6) is 0.935. The van der Waals surface area contributed by atoms with Crippen molar-refractivity contribution >= 4 is 11.3 Å². The molecule has 0 radical (unpaired) electrons. The fraction of sp³-hybridized carbons (Fsp3) is 0.471. The molecular weight excluding hydrogens is 280 g/mol. The molecule has 1 aromatic carbocycles. The van der Waals surface area contributed by atoms with E-state index < -0.39 is 0 Å². The van der Waals surface area contributed by atoms with Crippen LogP contribution in [0.2, 0.25) is 0 Å². The Morgan fingerprint density at radius 3 is 2.71 bits per heavy atom. The minimum absolute atomic E-state index is 0.134. The smallest absolute Gasteiger partial charge is 0.119 e. The van der Waals surface area contributed by atoms with Crippen LogP contribution in [-0.4, -0.2) is 11.6 Å². The molecule has 0 amide bonds. The minimum Gasteiger partial charge on any atom is -0.494 e. The first-order chi connectivity index (χ1) is 9.99. The molecule has 2 aromatic rings. The van der Waals surface area contributed by atoms with Gasteiger partial charge in [0.05, 0.1) is 11.6 Å². The minimum atomic E-state index is 0.134. The third kappa shape index (κ3) is 4.83. The van der Waals surface area contributed by atoms with Gasteiger partial charge < -0.3 is 10.1 Å². The molecular formula is C17H24N2OS. The summed E-state index contributed by atoms with van der Waals surface area (Å²) in [6.07, 6.45) is 1.98. The molecule has 0 saturated heterocycles. The summed E-state index contributed by atoms with van der Waals surface area (Å²) in [5.41, 5.74) is 1.37. The maximum atomic E-state index is 5.52. The van der Waals surface area contributed by atoms with Crippen molar-refractivity contribution in [3.05, 3.63) is 45.9 Å². The lowest BCUT2D eigenvalue weighted by Crippen LogP contribution is -2.12. The third-order valence-corrected chi connectivity index (χ3v) is 4.46.